The molecule has 0 radical (unpaired) electrons. The van der Waals surface area contributed by atoms with E-state index in [9.17, 15) is 4.79 Å². The molecule has 1 fully saturated rings. The van der Waals surface area contributed by atoms with Gasteiger partial charge < -0.3 is 24.0 Å². The zero-order valence-corrected chi connectivity index (χ0v) is 22.5. The third kappa shape index (κ3) is 4.68. The molecule has 4 aromatic rings. The lowest BCUT2D eigenvalue weighted by Gasteiger charge is -2.36. The highest BCUT2D eigenvalue weighted by Crippen LogP contribution is 2.42. The molecule has 39 heavy (non-hydrogen) atoms. The summed E-state index contributed by atoms with van der Waals surface area (Å²) in [5.41, 5.74) is 2.83. The maximum Gasteiger partial charge on any atom is 0.263 e. The van der Waals surface area contributed by atoms with Gasteiger partial charge in [-0.15, -0.1) is 5.10 Å². The van der Waals surface area contributed by atoms with E-state index >= 15 is 0 Å². The summed E-state index contributed by atoms with van der Waals surface area (Å²) < 4.78 is 19.2. The summed E-state index contributed by atoms with van der Waals surface area (Å²) in [7, 11) is 1.62. The Morgan fingerprint density at radius 1 is 1.08 bits per heavy atom. The van der Waals surface area contributed by atoms with Gasteiger partial charge in [-0.05, 0) is 39.0 Å². The Morgan fingerprint density at radius 3 is 2.67 bits per heavy atom. The van der Waals surface area contributed by atoms with Gasteiger partial charge >= 0.3 is 0 Å². The van der Waals surface area contributed by atoms with Gasteiger partial charge in [-0.25, -0.2) is 9.97 Å². The third-order valence-electron chi connectivity index (χ3n) is 7.11. The molecule has 0 bridgehead atoms. The van der Waals surface area contributed by atoms with E-state index in [4.69, 9.17) is 14.2 Å². The van der Waals surface area contributed by atoms with Gasteiger partial charge in [0.15, 0.2) is 34.6 Å². The number of carbonyl (C=O) groups excluding carboxylic acids is 1. The van der Waals surface area contributed by atoms with Crippen molar-refractivity contribution >= 4 is 22.9 Å². The first-order valence-corrected chi connectivity index (χ1v) is 13.0. The number of piperazine rings is 1. The molecular weight excluding hydrogens is 498 g/mol. The van der Waals surface area contributed by atoms with Crippen molar-refractivity contribution in [2.45, 2.75) is 38.9 Å². The van der Waals surface area contributed by atoms with Gasteiger partial charge in [-0.1, -0.05) is 23.4 Å². The number of fused-ring (bicyclic) bond motifs is 2. The normalized spacial score (nSPS) is 17.0. The predicted octanol–water partition coefficient (Wildman–Crippen LogP) is 3.05. The van der Waals surface area contributed by atoms with Crippen LogP contribution in [0, 0.1) is 0 Å². The first-order chi connectivity index (χ1) is 18.8. The number of hydrogen-bond acceptors (Lipinski definition) is 9. The summed E-state index contributed by atoms with van der Waals surface area (Å²) in [5.74, 6) is 2.71. The first kappa shape index (κ1) is 24.9. The summed E-state index contributed by atoms with van der Waals surface area (Å²) >= 11 is 0. The van der Waals surface area contributed by atoms with Crippen molar-refractivity contribution in [1.29, 1.82) is 0 Å². The van der Waals surface area contributed by atoms with Crippen LogP contribution in [0.15, 0.2) is 48.8 Å². The summed E-state index contributed by atoms with van der Waals surface area (Å²) in [6, 6.07) is 13.4. The molecule has 0 spiro atoms. The van der Waals surface area contributed by atoms with E-state index < -0.39 is 6.10 Å². The summed E-state index contributed by atoms with van der Waals surface area (Å²) in [6.45, 7) is 8.18. The number of amides is 1. The van der Waals surface area contributed by atoms with Crippen LogP contribution in [0.25, 0.3) is 16.9 Å². The van der Waals surface area contributed by atoms with Crippen LogP contribution in [-0.4, -0.2) is 80.8 Å². The third-order valence-corrected chi connectivity index (χ3v) is 7.11. The molecule has 1 unspecified atom stereocenters. The Hall–Kier alpha value is -4.41. The monoisotopic (exact) mass is 529 g/mol. The molecule has 2 aromatic heterocycles. The molecule has 1 atom stereocenters. The maximum absolute atomic E-state index is 13.3. The van der Waals surface area contributed by atoms with Crippen LogP contribution in [0.1, 0.15) is 26.3 Å². The molecule has 11 heteroatoms. The Bertz CT molecular complexity index is 1530. The summed E-state index contributed by atoms with van der Waals surface area (Å²) in [5, 5.41) is 8.71. The fourth-order valence-corrected chi connectivity index (χ4v) is 5.20. The number of para-hydroxylation sites is 1. The molecule has 2 aliphatic heterocycles. The van der Waals surface area contributed by atoms with Crippen molar-refractivity contribution in [2.75, 3.05) is 38.2 Å². The van der Waals surface area contributed by atoms with E-state index in [0.717, 1.165) is 29.2 Å². The highest BCUT2D eigenvalue weighted by Gasteiger charge is 2.34. The number of carbonyl (C=O) groups is 1. The van der Waals surface area contributed by atoms with Crippen molar-refractivity contribution in [3.05, 3.63) is 54.4 Å². The van der Waals surface area contributed by atoms with Crippen molar-refractivity contribution < 1.29 is 19.0 Å². The van der Waals surface area contributed by atoms with E-state index in [0.29, 0.717) is 48.9 Å². The molecule has 11 nitrogen and oxygen atoms in total. The molecule has 4 heterocycles. The zero-order chi connectivity index (χ0) is 27.1. The maximum atomic E-state index is 13.3. The van der Waals surface area contributed by atoms with Crippen LogP contribution in [0.2, 0.25) is 0 Å². The standard InChI is InChI=1S/C28H31N7O4/c1-18(38-22-10-5-7-19-16-28(2,3)39-24(19)22)27(36)34-13-11-33(12-14-34)25-23-26(30-17-29-25)35(32-31-23)20-8-6-9-21(15-20)37-4/h5-10,15,17-18H,11-14,16H2,1-4H3. The number of anilines is 1. The van der Waals surface area contributed by atoms with Gasteiger partial charge in [0.05, 0.1) is 12.8 Å². The Labute approximate surface area is 226 Å². The van der Waals surface area contributed by atoms with Crippen molar-refractivity contribution in [3.8, 4) is 22.9 Å². The molecule has 2 aliphatic rings. The minimum absolute atomic E-state index is 0.0543. The average Bonchev–Trinajstić information content (AvgIpc) is 3.53. The van der Waals surface area contributed by atoms with Crippen LogP contribution in [-0.2, 0) is 11.2 Å². The van der Waals surface area contributed by atoms with Crippen molar-refractivity contribution in [1.82, 2.24) is 29.9 Å². The number of methoxy groups -OCH3 is 1. The topological polar surface area (TPSA) is 108 Å². The van der Waals surface area contributed by atoms with E-state index in [1.807, 2.05) is 47.4 Å². The highest BCUT2D eigenvalue weighted by molar-refractivity contribution is 5.84. The van der Waals surface area contributed by atoms with Crippen LogP contribution >= 0.6 is 0 Å². The molecule has 2 aromatic carbocycles. The Kier molecular flexibility index (Phi) is 6.20. The average molecular weight is 530 g/mol. The fourth-order valence-electron chi connectivity index (χ4n) is 5.20. The SMILES string of the molecule is COc1cccc(-n2nnc3c(N4CCN(C(=O)C(C)Oc5cccc6c5OC(C)(C)C6)CC4)ncnc32)c1. The second-order valence-electron chi connectivity index (χ2n) is 10.4. The first-order valence-electron chi connectivity index (χ1n) is 13.0. The molecule has 0 aliphatic carbocycles. The molecule has 1 amide bonds. The number of aromatic nitrogens is 5. The zero-order valence-electron chi connectivity index (χ0n) is 22.5. The predicted molar refractivity (Wildman–Crippen MR) is 145 cm³/mol. The van der Waals surface area contributed by atoms with Crippen LogP contribution in [0.5, 0.6) is 17.2 Å². The lowest BCUT2D eigenvalue weighted by Crippen LogP contribution is -2.52. The molecule has 1 saturated heterocycles. The Morgan fingerprint density at radius 2 is 1.87 bits per heavy atom. The molecule has 6 rings (SSSR count). The van der Waals surface area contributed by atoms with Crippen LogP contribution in [0.3, 0.4) is 0 Å². The highest BCUT2D eigenvalue weighted by atomic mass is 16.5. The number of hydrogen-bond donors (Lipinski definition) is 0. The smallest absolute Gasteiger partial charge is 0.263 e. The fraction of sp³-hybridized carbons (Fsp3) is 0.393. The number of rotatable bonds is 6. The number of nitrogens with zero attached hydrogens (tertiary/aromatic N) is 7. The van der Waals surface area contributed by atoms with Gasteiger partial charge in [0.1, 0.15) is 17.7 Å². The van der Waals surface area contributed by atoms with Gasteiger partial charge in [-0.3, -0.25) is 4.79 Å². The van der Waals surface area contributed by atoms with E-state index in [1.54, 1.807) is 18.7 Å². The molecule has 0 saturated carbocycles. The minimum Gasteiger partial charge on any atom is -0.497 e. The lowest BCUT2D eigenvalue weighted by molar-refractivity contribution is -0.138. The van der Waals surface area contributed by atoms with Gasteiger partial charge in [0, 0.05) is 44.2 Å². The van der Waals surface area contributed by atoms with Crippen LogP contribution in [0.4, 0.5) is 5.82 Å². The van der Waals surface area contributed by atoms with Crippen molar-refractivity contribution in [3.63, 3.8) is 0 Å². The summed E-state index contributed by atoms with van der Waals surface area (Å²) in [6.07, 6.45) is 1.70. The van der Waals surface area contributed by atoms with Crippen molar-refractivity contribution in [2.24, 2.45) is 0 Å². The number of benzene rings is 2. The van der Waals surface area contributed by atoms with Crippen LogP contribution < -0.4 is 19.1 Å². The second-order valence-corrected chi connectivity index (χ2v) is 10.4. The lowest BCUT2D eigenvalue weighted by atomic mass is 10.0. The van der Waals surface area contributed by atoms with E-state index in [-0.39, 0.29) is 11.5 Å². The van der Waals surface area contributed by atoms with Gasteiger partial charge in [0.25, 0.3) is 5.91 Å². The molecular formula is C28H31N7O4. The molecule has 202 valence electrons. The van der Waals surface area contributed by atoms with E-state index in [1.165, 1.54) is 6.33 Å². The largest absolute Gasteiger partial charge is 0.497 e. The Balaban J connectivity index is 1.13. The van der Waals surface area contributed by atoms with Gasteiger partial charge in [-0.2, -0.15) is 4.68 Å². The second kappa shape index (κ2) is 9.72. The quantitative estimate of drug-likeness (QED) is 0.372. The van der Waals surface area contributed by atoms with Gasteiger partial charge in [0.2, 0.25) is 0 Å². The minimum atomic E-state index is -0.635. The summed E-state index contributed by atoms with van der Waals surface area (Å²) in [4.78, 5) is 26.2. The van der Waals surface area contributed by atoms with E-state index in [2.05, 4.69) is 39.0 Å². The molecule has 0 N–H and O–H groups in total. The number of ether oxygens (including phenoxy) is 3.